The minimum Gasteiger partial charge on any atom is -0.503 e. The number of benzene rings is 2. The molecule has 134 valence electrons. The number of amides is 1. The van der Waals surface area contributed by atoms with Crippen molar-refractivity contribution in [2.45, 2.75) is 12.6 Å². The van der Waals surface area contributed by atoms with Crippen LogP contribution in [0.4, 0.5) is 4.39 Å². The number of aliphatic hydroxyl groups excluding tert-OH is 1. The molecule has 0 unspecified atom stereocenters. The molecule has 1 amide bonds. The molecule has 4 nitrogen and oxygen atoms in total. The van der Waals surface area contributed by atoms with Crippen molar-refractivity contribution < 1.29 is 14.3 Å². The molecule has 0 fully saturated rings. The number of hydrogen-bond donors (Lipinski definition) is 1. The number of hydrogen-bond acceptors (Lipinski definition) is 3. The summed E-state index contributed by atoms with van der Waals surface area (Å²) in [7, 11) is 0. The van der Waals surface area contributed by atoms with E-state index in [1.54, 1.807) is 42.7 Å². The van der Waals surface area contributed by atoms with Gasteiger partial charge in [0.05, 0.1) is 6.04 Å². The lowest BCUT2D eigenvalue weighted by atomic mass is 9.93. The van der Waals surface area contributed by atoms with Gasteiger partial charge in [0.25, 0.3) is 5.91 Å². The minimum atomic E-state index is -0.714. The quantitative estimate of drug-likeness (QED) is 0.756. The van der Waals surface area contributed by atoms with Crippen LogP contribution in [0.1, 0.15) is 22.7 Å². The summed E-state index contributed by atoms with van der Waals surface area (Å²) in [5.74, 6) is -1.28. The summed E-state index contributed by atoms with van der Waals surface area (Å²) in [6.45, 7) is 0.237. The second kappa shape index (κ2) is 7.03. The van der Waals surface area contributed by atoms with Gasteiger partial charge in [0.15, 0.2) is 5.76 Å². The molecule has 0 aliphatic carbocycles. The molecule has 1 aliphatic rings. The molecule has 4 rings (SSSR count). The first kappa shape index (κ1) is 17.0. The van der Waals surface area contributed by atoms with Crippen molar-refractivity contribution in [3.05, 3.63) is 107 Å². The zero-order chi connectivity index (χ0) is 18.8. The summed E-state index contributed by atoms with van der Waals surface area (Å²) in [5, 5.41) is 10.6. The molecule has 0 saturated carbocycles. The molecule has 27 heavy (non-hydrogen) atoms. The standard InChI is InChI=1S/C22H17FN2O2/c23-18-9-5-4-8-17(18)20-19(16-6-2-1-3-7-16)21(26)22(27)25(20)14-15-10-12-24-13-11-15/h1-13,20,26H,14H2/t20-/m0/s1. The van der Waals surface area contributed by atoms with Crippen LogP contribution < -0.4 is 0 Å². The van der Waals surface area contributed by atoms with Crippen molar-refractivity contribution in [3.8, 4) is 0 Å². The smallest absolute Gasteiger partial charge is 0.290 e. The first-order valence-corrected chi connectivity index (χ1v) is 8.59. The van der Waals surface area contributed by atoms with Gasteiger partial charge >= 0.3 is 0 Å². The van der Waals surface area contributed by atoms with Gasteiger partial charge in [-0.1, -0.05) is 48.5 Å². The van der Waals surface area contributed by atoms with Crippen LogP contribution >= 0.6 is 0 Å². The van der Waals surface area contributed by atoms with Crippen LogP contribution in [0.2, 0.25) is 0 Å². The Hall–Kier alpha value is -3.47. The molecule has 5 heteroatoms. The monoisotopic (exact) mass is 360 g/mol. The van der Waals surface area contributed by atoms with E-state index >= 15 is 0 Å². The molecule has 1 atom stereocenters. The molecular weight excluding hydrogens is 343 g/mol. The zero-order valence-corrected chi connectivity index (χ0v) is 14.4. The summed E-state index contributed by atoms with van der Waals surface area (Å²) in [6, 6.07) is 18.3. The molecule has 1 N–H and O–H groups in total. The van der Waals surface area contributed by atoms with Crippen LogP contribution in [0.5, 0.6) is 0 Å². The van der Waals surface area contributed by atoms with Gasteiger partial charge in [-0.3, -0.25) is 9.78 Å². The zero-order valence-electron chi connectivity index (χ0n) is 14.4. The van der Waals surface area contributed by atoms with E-state index in [4.69, 9.17) is 0 Å². The van der Waals surface area contributed by atoms with E-state index in [2.05, 4.69) is 4.98 Å². The number of carbonyl (C=O) groups excluding carboxylic acids is 1. The third-order valence-corrected chi connectivity index (χ3v) is 4.69. The van der Waals surface area contributed by atoms with E-state index in [0.717, 1.165) is 5.56 Å². The fourth-order valence-electron chi connectivity index (χ4n) is 3.43. The topological polar surface area (TPSA) is 53.4 Å². The Balaban J connectivity index is 1.85. The molecule has 1 aromatic heterocycles. The van der Waals surface area contributed by atoms with E-state index in [9.17, 15) is 14.3 Å². The number of rotatable bonds is 4. The highest BCUT2D eigenvalue weighted by molar-refractivity contribution is 6.05. The fraction of sp³-hybridized carbons (Fsp3) is 0.0909. The summed E-state index contributed by atoms with van der Waals surface area (Å²) < 4.78 is 14.6. The van der Waals surface area contributed by atoms with E-state index < -0.39 is 17.8 Å². The number of carbonyl (C=O) groups is 1. The molecular formula is C22H17FN2O2. The highest BCUT2D eigenvalue weighted by Gasteiger charge is 2.41. The van der Waals surface area contributed by atoms with Crippen LogP contribution in [0.3, 0.4) is 0 Å². The number of nitrogens with zero attached hydrogens (tertiary/aromatic N) is 2. The maximum atomic E-state index is 14.6. The largest absolute Gasteiger partial charge is 0.503 e. The highest BCUT2D eigenvalue weighted by atomic mass is 19.1. The number of aromatic nitrogens is 1. The van der Waals surface area contributed by atoms with Gasteiger partial charge in [0.2, 0.25) is 0 Å². The van der Waals surface area contributed by atoms with Crippen molar-refractivity contribution in [1.29, 1.82) is 0 Å². The van der Waals surface area contributed by atoms with Crippen LogP contribution in [-0.4, -0.2) is 20.9 Å². The lowest BCUT2D eigenvalue weighted by Gasteiger charge is -2.27. The Bertz CT molecular complexity index is 1000. The number of pyridine rings is 1. The van der Waals surface area contributed by atoms with E-state index in [-0.39, 0.29) is 12.3 Å². The van der Waals surface area contributed by atoms with Gasteiger partial charge in [-0.15, -0.1) is 0 Å². The lowest BCUT2D eigenvalue weighted by Crippen LogP contribution is -2.30. The van der Waals surface area contributed by atoms with Crippen molar-refractivity contribution >= 4 is 11.5 Å². The normalized spacial score (nSPS) is 16.9. The van der Waals surface area contributed by atoms with Crippen LogP contribution in [-0.2, 0) is 11.3 Å². The first-order chi connectivity index (χ1) is 13.2. The van der Waals surface area contributed by atoms with Crippen LogP contribution in [0.15, 0.2) is 84.9 Å². The molecule has 1 aliphatic heterocycles. The SMILES string of the molecule is O=C1C(O)=C(c2ccccc2)[C@H](c2ccccc2F)N1Cc1ccncc1. The van der Waals surface area contributed by atoms with Gasteiger partial charge in [-0.05, 0) is 29.3 Å². The summed E-state index contributed by atoms with van der Waals surface area (Å²) in [6.07, 6.45) is 3.28. The Kier molecular flexibility index (Phi) is 4.42. The van der Waals surface area contributed by atoms with Gasteiger partial charge in [0.1, 0.15) is 5.82 Å². The molecule has 2 aromatic carbocycles. The Morgan fingerprint density at radius 2 is 1.63 bits per heavy atom. The van der Waals surface area contributed by atoms with Gasteiger partial charge < -0.3 is 10.0 Å². The molecule has 3 aromatic rings. The third-order valence-electron chi connectivity index (χ3n) is 4.69. The second-order valence-corrected chi connectivity index (χ2v) is 6.34. The second-order valence-electron chi connectivity index (χ2n) is 6.34. The van der Waals surface area contributed by atoms with Crippen molar-refractivity contribution in [2.24, 2.45) is 0 Å². The Labute approximate surface area is 156 Å². The first-order valence-electron chi connectivity index (χ1n) is 8.59. The van der Waals surface area contributed by atoms with Crippen molar-refractivity contribution in [3.63, 3.8) is 0 Å². The number of halogens is 1. The van der Waals surface area contributed by atoms with Crippen molar-refractivity contribution in [1.82, 2.24) is 9.88 Å². The summed E-state index contributed by atoms with van der Waals surface area (Å²) in [4.78, 5) is 18.3. The maximum absolute atomic E-state index is 14.6. The molecule has 0 saturated heterocycles. The van der Waals surface area contributed by atoms with Crippen molar-refractivity contribution in [2.75, 3.05) is 0 Å². The predicted molar refractivity (Wildman–Crippen MR) is 99.9 cm³/mol. The summed E-state index contributed by atoms with van der Waals surface area (Å²) in [5.41, 5.74) is 2.30. The van der Waals surface area contributed by atoms with Crippen LogP contribution in [0.25, 0.3) is 5.57 Å². The number of aliphatic hydroxyl groups is 1. The maximum Gasteiger partial charge on any atom is 0.290 e. The molecule has 0 radical (unpaired) electrons. The Morgan fingerprint density at radius 3 is 2.33 bits per heavy atom. The third kappa shape index (κ3) is 3.08. The average Bonchev–Trinajstić information content (AvgIpc) is 2.95. The predicted octanol–water partition coefficient (Wildman–Crippen LogP) is 4.27. The van der Waals surface area contributed by atoms with Gasteiger partial charge in [-0.25, -0.2) is 4.39 Å². The fourth-order valence-corrected chi connectivity index (χ4v) is 3.43. The average molecular weight is 360 g/mol. The minimum absolute atomic E-state index is 0.237. The molecule has 2 heterocycles. The van der Waals surface area contributed by atoms with Gasteiger partial charge in [0, 0.05) is 30.1 Å². The molecule has 0 bridgehead atoms. The van der Waals surface area contributed by atoms with Crippen LogP contribution in [0, 0.1) is 5.82 Å². The summed E-state index contributed by atoms with van der Waals surface area (Å²) >= 11 is 0. The lowest BCUT2D eigenvalue weighted by molar-refractivity contribution is -0.130. The van der Waals surface area contributed by atoms with E-state index in [1.807, 2.05) is 30.3 Å². The van der Waals surface area contributed by atoms with E-state index in [0.29, 0.717) is 16.7 Å². The Morgan fingerprint density at radius 1 is 0.963 bits per heavy atom. The van der Waals surface area contributed by atoms with Gasteiger partial charge in [-0.2, -0.15) is 0 Å². The highest BCUT2D eigenvalue weighted by Crippen LogP contribution is 2.44. The van der Waals surface area contributed by atoms with E-state index in [1.165, 1.54) is 11.0 Å². The molecule has 0 spiro atoms.